The molecule has 0 radical (unpaired) electrons. The molecule has 2 saturated heterocycles. The van der Waals surface area contributed by atoms with Gasteiger partial charge in [0.2, 0.25) is 0 Å². The number of hydrogen-bond acceptors (Lipinski definition) is 4. The summed E-state index contributed by atoms with van der Waals surface area (Å²) in [5.41, 5.74) is 0. The monoisotopic (exact) mass is 226 g/mol. The first-order valence-electron chi connectivity index (χ1n) is 6.58. The van der Waals surface area contributed by atoms with Gasteiger partial charge in [-0.2, -0.15) is 0 Å². The first kappa shape index (κ1) is 11.0. The van der Waals surface area contributed by atoms with Crippen LogP contribution >= 0.6 is 0 Å². The summed E-state index contributed by atoms with van der Waals surface area (Å²) in [6.07, 6.45) is 3.92. The van der Waals surface area contributed by atoms with Gasteiger partial charge < -0.3 is 14.8 Å². The molecule has 0 amide bonds. The van der Waals surface area contributed by atoms with Gasteiger partial charge in [-0.15, -0.1) is 0 Å². The number of morpholine rings is 1. The van der Waals surface area contributed by atoms with Gasteiger partial charge in [0, 0.05) is 37.8 Å². The van der Waals surface area contributed by atoms with Crippen LogP contribution in [0, 0.1) is 0 Å². The molecule has 2 atom stereocenters. The third-order valence-electron chi connectivity index (χ3n) is 3.87. The van der Waals surface area contributed by atoms with Crippen molar-refractivity contribution in [2.45, 2.75) is 37.4 Å². The Hall–Kier alpha value is -0.160. The maximum atomic E-state index is 5.60. The Labute approximate surface area is 97.3 Å². The highest BCUT2D eigenvalue weighted by molar-refractivity contribution is 4.88. The van der Waals surface area contributed by atoms with Gasteiger partial charge in [0.1, 0.15) is 0 Å². The molecule has 0 aromatic carbocycles. The summed E-state index contributed by atoms with van der Waals surface area (Å²) < 4.78 is 11.1. The zero-order valence-corrected chi connectivity index (χ0v) is 9.86. The van der Waals surface area contributed by atoms with E-state index in [1.165, 1.54) is 19.3 Å². The van der Waals surface area contributed by atoms with Gasteiger partial charge in [0.25, 0.3) is 0 Å². The maximum absolute atomic E-state index is 5.60. The molecule has 4 heteroatoms. The van der Waals surface area contributed by atoms with Crippen molar-refractivity contribution >= 4 is 0 Å². The van der Waals surface area contributed by atoms with Crippen LogP contribution in [0.15, 0.2) is 0 Å². The highest BCUT2D eigenvalue weighted by atomic mass is 16.5. The van der Waals surface area contributed by atoms with Crippen LogP contribution in [0.5, 0.6) is 0 Å². The average Bonchev–Trinajstić information content (AvgIpc) is 3.00. The van der Waals surface area contributed by atoms with Crippen molar-refractivity contribution < 1.29 is 9.47 Å². The van der Waals surface area contributed by atoms with Crippen LogP contribution in [0.1, 0.15) is 19.3 Å². The second kappa shape index (κ2) is 5.00. The summed E-state index contributed by atoms with van der Waals surface area (Å²) in [5, 5.41) is 3.62. The number of nitrogens with zero attached hydrogens (tertiary/aromatic N) is 1. The molecular formula is C12H22N2O2. The van der Waals surface area contributed by atoms with E-state index in [2.05, 4.69) is 10.2 Å². The molecule has 2 unspecified atom stereocenters. The Morgan fingerprint density at radius 3 is 2.69 bits per heavy atom. The van der Waals surface area contributed by atoms with Crippen molar-refractivity contribution in [3.8, 4) is 0 Å². The highest BCUT2D eigenvalue weighted by Gasteiger charge is 2.32. The van der Waals surface area contributed by atoms with Crippen LogP contribution in [-0.2, 0) is 9.47 Å². The van der Waals surface area contributed by atoms with Crippen molar-refractivity contribution in [2.24, 2.45) is 0 Å². The van der Waals surface area contributed by atoms with Crippen molar-refractivity contribution in [1.29, 1.82) is 0 Å². The maximum Gasteiger partial charge on any atom is 0.0635 e. The Bertz CT molecular complexity index is 227. The lowest BCUT2D eigenvalue weighted by atomic mass is 10.1. The van der Waals surface area contributed by atoms with Gasteiger partial charge in [0.15, 0.2) is 0 Å². The summed E-state index contributed by atoms with van der Waals surface area (Å²) >= 11 is 0. The van der Waals surface area contributed by atoms with Gasteiger partial charge in [-0.1, -0.05) is 0 Å². The summed E-state index contributed by atoms with van der Waals surface area (Å²) in [4.78, 5) is 2.60. The van der Waals surface area contributed by atoms with E-state index in [-0.39, 0.29) is 0 Å². The zero-order valence-electron chi connectivity index (χ0n) is 9.86. The van der Waals surface area contributed by atoms with Crippen LogP contribution in [-0.4, -0.2) is 62.5 Å². The minimum atomic E-state index is 0.557. The molecular weight excluding hydrogens is 204 g/mol. The second-order valence-corrected chi connectivity index (χ2v) is 5.17. The molecule has 2 aliphatic heterocycles. The van der Waals surface area contributed by atoms with Crippen molar-refractivity contribution in [1.82, 2.24) is 10.2 Å². The smallest absolute Gasteiger partial charge is 0.0635 e. The van der Waals surface area contributed by atoms with E-state index in [4.69, 9.17) is 9.47 Å². The van der Waals surface area contributed by atoms with Gasteiger partial charge in [-0.25, -0.2) is 0 Å². The van der Waals surface area contributed by atoms with Crippen LogP contribution in [0.4, 0.5) is 0 Å². The third kappa shape index (κ3) is 2.56. The molecule has 0 bridgehead atoms. The van der Waals surface area contributed by atoms with Crippen molar-refractivity contribution in [2.75, 3.05) is 39.5 Å². The predicted octanol–water partition coefficient (Wildman–Crippen LogP) is 0.228. The first-order valence-corrected chi connectivity index (χ1v) is 6.58. The fraction of sp³-hybridized carbons (Fsp3) is 1.00. The first-order chi connectivity index (χ1) is 7.93. The Kier molecular flexibility index (Phi) is 3.43. The predicted molar refractivity (Wildman–Crippen MR) is 61.6 cm³/mol. The Morgan fingerprint density at radius 2 is 1.94 bits per heavy atom. The lowest BCUT2D eigenvalue weighted by Gasteiger charge is -2.39. The minimum Gasteiger partial charge on any atom is -0.380 e. The summed E-state index contributed by atoms with van der Waals surface area (Å²) in [7, 11) is 0. The van der Waals surface area contributed by atoms with E-state index < -0.39 is 0 Å². The van der Waals surface area contributed by atoms with Gasteiger partial charge in [0.05, 0.1) is 19.8 Å². The largest absolute Gasteiger partial charge is 0.380 e. The van der Waals surface area contributed by atoms with Crippen LogP contribution in [0.25, 0.3) is 0 Å². The highest BCUT2D eigenvalue weighted by Crippen LogP contribution is 2.21. The second-order valence-electron chi connectivity index (χ2n) is 5.17. The molecule has 2 heterocycles. The van der Waals surface area contributed by atoms with E-state index in [0.717, 1.165) is 45.6 Å². The van der Waals surface area contributed by atoms with E-state index in [9.17, 15) is 0 Å². The SMILES string of the molecule is C1CC(N2CCOCC2CNC2CC2)CO1. The Balaban J connectivity index is 1.53. The van der Waals surface area contributed by atoms with Crippen LogP contribution < -0.4 is 5.32 Å². The standard InChI is InChI=1S/C12H22N2O2/c1-2-10(1)13-7-12-9-16-6-4-14(12)11-3-5-15-8-11/h10-13H,1-9H2. The molecule has 16 heavy (non-hydrogen) atoms. The summed E-state index contributed by atoms with van der Waals surface area (Å²) in [6, 6.07) is 1.99. The minimum absolute atomic E-state index is 0.557. The fourth-order valence-electron chi connectivity index (χ4n) is 2.70. The normalized spacial score (nSPS) is 36.8. The third-order valence-corrected chi connectivity index (χ3v) is 3.87. The van der Waals surface area contributed by atoms with E-state index in [1.807, 2.05) is 0 Å². The van der Waals surface area contributed by atoms with Gasteiger partial charge in [-0.3, -0.25) is 4.90 Å². The summed E-state index contributed by atoms with van der Waals surface area (Å²) in [5.74, 6) is 0. The molecule has 1 N–H and O–H groups in total. The molecule has 4 nitrogen and oxygen atoms in total. The average molecular weight is 226 g/mol. The lowest BCUT2D eigenvalue weighted by Crippen LogP contribution is -2.55. The van der Waals surface area contributed by atoms with E-state index in [0.29, 0.717) is 12.1 Å². The topological polar surface area (TPSA) is 33.7 Å². The molecule has 3 rings (SSSR count). The zero-order chi connectivity index (χ0) is 10.8. The summed E-state index contributed by atoms with van der Waals surface area (Å²) in [6.45, 7) is 5.78. The molecule has 0 spiro atoms. The molecule has 0 aromatic heterocycles. The van der Waals surface area contributed by atoms with Gasteiger partial charge in [-0.05, 0) is 19.3 Å². The van der Waals surface area contributed by atoms with Crippen LogP contribution in [0.2, 0.25) is 0 Å². The Morgan fingerprint density at radius 1 is 1.06 bits per heavy atom. The number of ether oxygens (including phenoxy) is 2. The molecule has 3 fully saturated rings. The number of hydrogen-bond donors (Lipinski definition) is 1. The van der Waals surface area contributed by atoms with Crippen LogP contribution in [0.3, 0.4) is 0 Å². The number of rotatable bonds is 4. The molecule has 0 aromatic rings. The van der Waals surface area contributed by atoms with Crippen molar-refractivity contribution in [3.05, 3.63) is 0 Å². The molecule has 1 saturated carbocycles. The van der Waals surface area contributed by atoms with E-state index in [1.54, 1.807) is 0 Å². The number of nitrogens with one attached hydrogen (secondary N) is 1. The van der Waals surface area contributed by atoms with E-state index >= 15 is 0 Å². The molecule has 1 aliphatic carbocycles. The van der Waals surface area contributed by atoms with Crippen molar-refractivity contribution in [3.63, 3.8) is 0 Å². The molecule has 92 valence electrons. The quantitative estimate of drug-likeness (QED) is 0.744. The van der Waals surface area contributed by atoms with Gasteiger partial charge >= 0.3 is 0 Å². The lowest BCUT2D eigenvalue weighted by molar-refractivity contribution is -0.0294. The fourth-order valence-corrected chi connectivity index (χ4v) is 2.70. The molecule has 3 aliphatic rings.